The molecule has 0 aliphatic rings. The van der Waals surface area contributed by atoms with Gasteiger partial charge in [0.25, 0.3) is 0 Å². The topological polar surface area (TPSA) is 85.9 Å². The van der Waals surface area contributed by atoms with Crippen LogP contribution in [0.2, 0.25) is 0 Å². The summed E-state index contributed by atoms with van der Waals surface area (Å²) in [6, 6.07) is 4.40. The van der Waals surface area contributed by atoms with Crippen LogP contribution < -0.4 is 10.6 Å². The molecule has 0 saturated heterocycles. The molecule has 0 amide bonds. The standard InChI is InChI=1S/C16H21FN2O5/c1-22-9-5-8-18-12-7-4-6-11(17)15(12)19-13(16(21)24-3)10-14(20)23-2/h4,6-7,10,18-19H,5,8-9H2,1-3H3/b13-10+. The number of esters is 2. The van der Waals surface area contributed by atoms with Crippen molar-refractivity contribution in [1.29, 1.82) is 0 Å². The number of hydrogen-bond donors (Lipinski definition) is 2. The number of para-hydroxylation sites is 1. The van der Waals surface area contributed by atoms with Gasteiger partial charge in [-0.2, -0.15) is 0 Å². The second kappa shape index (κ2) is 10.2. The van der Waals surface area contributed by atoms with Crippen molar-refractivity contribution in [1.82, 2.24) is 0 Å². The molecular formula is C16H21FN2O5. The summed E-state index contributed by atoms with van der Waals surface area (Å²) < 4.78 is 28.2. The largest absolute Gasteiger partial charge is 0.466 e. The quantitative estimate of drug-likeness (QED) is 0.403. The lowest BCUT2D eigenvalue weighted by Crippen LogP contribution is -2.17. The highest BCUT2D eigenvalue weighted by Gasteiger charge is 2.17. The Morgan fingerprint density at radius 1 is 1.21 bits per heavy atom. The lowest BCUT2D eigenvalue weighted by molar-refractivity contribution is -0.138. The third-order valence-corrected chi connectivity index (χ3v) is 2.98. The number of ether oxygens (including phenoxy) is 3. The Labute approximate surface area is 139 Å². The number of carbonyl (C=O) groups excluding carboxylic acids is 2. The highest BCUT2D eigenvalue weighted by molar-refractivity contribution is 5.99. The molecular weight excluding hydrogens is 319 g/mol. The Balaban J connectivity index is 3.03. The first kappa shape index (κ1) is 19.4. The van der Waals surface area contributed by atoms with Gasteiger partial charge in [-0.3, -0.25) is 0 Å². The molecule has 0 bridgehead atoms. The van der Waals surface area contributed by atoms with E-state index in [4.69, 9.17) is 4.74 Å². The lowest BCUT2D eigenvalue weighted by atomic mass is 10.2. The monoisotopic (exact) mass is 340 g/mol. The second-order valence-corrected chi connectivity index (χ2v) is 4.63. The number of halogens is 1. The van der Waals surface area contributed by atoms with E-state index in [0.717, 1.165) is 13.2 Å². The molecule has 132 valence electrons. The smallest absolute Gasteiger partial charge is 0.354 e. The zero-order chi connectivity index (χ0) is 17.9. The van der Waals surface area contributed by atoms with Crippen molar-refractivity contribution < 1.29 is 28.2 Å². The minimum Gasteiger partial charge on any atom is -0.466 e. The van der Waals surface area contributed by atoms with Crippen molar-refractivity contribution in [3.05, 3.63) is 35.8 Å². The van der Waals surface area contributed by atoms with E-state index in [1.165, 1.54) is 19.2 Å². The Morgan fingerprint density at radius 2 is 1.96 bits per heavy atom. The molecule has 0 spiro atoms. The van der Waals surface area contributed by atoms with Crippen LogP contribution >= 0.6 is 0 Å². The number of methoxy groups -OCH3 is 3. The zero-order valence-electron chi connectivity index (χ0n) is 13.8. The Kier molecular flexibility index (Phi) is 8.28. The molecule has 0 unspecified atom stereocenters. The molecule has 2 N–H and O–H groups in total. The molecule has 1 aromatic carbocycles. The Bertz CT molecular complexity index is 604. The molecule has 24 heavy (non-hydrogen) atoms. The number of benzene rings is 1. The number of anilines is 2. The van der Waals surface area contributed by atoms with Crippen LogP contribution in [-0.2, 0) is 23.8 Å². The maximum Gasteiger partial charge on any atom is 0.354 e. The molecule has 1 aromatic rings. The summed E-state index contributed by atoms with van der Waals surface area (Å²) in [7, 11) is 3.91. The van der Waals surface area contributed by atoms with Crippen molar-refractivity contribution in [3.63, 3.8) is 0 Å². The average molecular weight is 340 g/mol. The molecule has 0 fully saturated rings. The molecule has 7 nitrogen and oxygen atoms in total. The predicted molar refractivity (Wildman–Crippen MR) is 87.1 cm³/mol. The van der Waals surface area contributed by atoms with Crippen LogP contribution in [0.5, 0.6) is 0 Å². The van der Waals surface area contributed by atoms with E-state index in [0.29, 0.717) is 25.3 Å². The lowest BCUT2D eigenvalue weighted by Gasteiger charge is -2.15. The molecule has 0 radical (unpaired) electrons. The zero-order valence-corrected chi connectivity index (χ0v) is 13.8. The third kappa shape index (κ3) is 5.88. The number of carbonyl (C=O) groups is 2. The molecule has 0 saturated carbocycles. The summed E-state index contributed by atoms with van der Waals surface area (Å²) in [5.74, 6) is -2.19. The highest BCUT2D eigenvalue weighted by atomic mass is 19.1. The number of nitrogens with one attached hydrogen (secondary N) is 2. The maximum atomic E-state index is 14.1. The van der Waals surface area contributed by atoms with E-state index in [2.05, 4.69) is 20.1 Å². The van der Waals surface area contributed by atoms with Gasteiger partial charge in [0.05, 0.1) is 31.7 Å². The molecule has 0 aliphatic heterocycles. The van der Waals surface area contributed by atoms with E-state index >= 15 is 0 Å². The SMILES string of the molecule is COCCCNc1cccc(F)c1N/C(=C/C(=O)OC)C(=O)OC. The maximum absolute atomic E-state index is 14.1. The summed E-state index contributed by atoms with van der Waals surface area (Å²) >= 11 is 0. The van der Waals surface area contributed by atoms with Crippen LogP contribution in [0.3, 0.4) is 0 Å². The summed E-state index contributed by atoms with van der Waals surface area (Å²) in [5, 5.41) is 5.63. The van der Waals surface area contributed by atoms with Crippen LogP contribution in [0.1, 0.15) is 6.42 Å². The minimum atomic E-state index is -0.825. The van der Waals surface area contributed by atoms with Crippen LogP contribution in [0.25, 0.3) is 0 Å². The van der Waals surface area contributed by atoms with Gasteiger partial charge in [0, 0.05) is 20.3 Å². The first-order chi connectivity index (χ1) is 11.5. The van der Waals surface area contributed by atoms with E-state index in [1.807, 2.05) is 0 Å². The summed E-state index contributed by atoms with van der Waals surface area (Å²) in [6.07, 6.45) is 1.61. The molecule has 8 heteroatoms. The van der Waals surface area contributed by atoms with Gasteiger partial charge in [-0.15, -0.1) is 0 Å². The van der Waals surface area contributed by atoms with Crippen molar-refractivity contribution in [2.75, 3.05) is 45.1 Å². The average Bonchev–Trinajstić information content (AvgIpc) is 2.59. The van der Waals surface area contributed by atoms with Crippen LogP contribution in [-0.4, -0.2) is 46.4 Å². The first-order valence-electron chi connectivity index (χ1n) is 7.19. The normalized spacial score (nSPS) is 10.9. The van der Waals surface area contributed by atoms with E-state index in [1.54, 1.807) is 13.2 Å². The Hall–Kier alpha value is -2.61. The minimum absolute atomic E-state index is 0.0236. The summed E-state index contributed by atoms with van der Waals surface area (Å²) in [5.41, 5.74) is 0.218. The van der Waals surface area contributed by atoms with Crippen LogP contribution in [0.15, 0.2) is 30.0 Å². The van der Waals surface area contributed by atoms with Gasteiger partial charge in [-0.1, -0.05) is 6.07 Å². The fraction of sp³-hybridized carbons (Fsp3) is 0.375. The molecule has 0 aromatic heterocycles. The van der Waals surface area contributed by atoms with Crippen molar-refractivity contribution in [3.8, 4) is 0 Å². The predicted octanol–water partition coefficient (Wildman–Crippen LogP) is 1.92. The molecule has 0 heterocycles. The van der Waals surface area contributed by atoms with Crippen LogP contribution in [0, 0.1) is 5.82 Å². The molecule has 0 atom stereocenters. The van der Waals surface area contributed by atoms with Crippen LogP contribution in [0.4, 0.5) is 15.8 Å². The van der Waals surface area contributed by atoms with Gasteiger partial charge < -0.3 is 24.8 Å². The third-order valence-electron chi connectivity index (χ3n) is 2.98. The van der Waals surface area contributed by atoms with Gasteiger partial charge >= 0.3 is 11.9 Å². The van der Waals surface area contributed by atoms with Gasteiger partial charge in [-0.05, 0) is 18.6 Å². The van der Waals surface area contributed by atoms with Crippen molar-refractivity contribution >= 4 is 23.3 Å². The Morgan fingerprint density at radius 3 is 2.58 bits per heavy atom. The molecule has 0 aliphatic carbocycles. The molecule has 1 rings (SSSR count). The summed E-state index contributed by atoms with van der Waals surface area (Å²) in [4.78, 5) is 23.1. The second-order valence-electron chi connectivity index (χ2n) is 4.63. The fourth-order valence-electron chi connectivity index (χ4n) is 1.81. The van der Waals surface area contributed by atoms with Gasteiger partial charge in [0.15, 0.2) is 0 Å². The summed E-state index contributed by atoms with van der Waals surface area (Å²) in [6.45, 7) is 1.10. The fourth-order valence-corrected chi connectivity index (χ4v) is 1.81. The first-order valence-corrected chi connectivity index (χ1v) is 7.19. The van der Waals surface area contributed by atoms with E-state index in [9.17, 15) is 14.0 Å². The van der Waals surface area contributed by atoms with Crippen molar-refractivity contribution in [2.24, 2.45) is 0 Å². The number of rotatable bonds is 9. The van der Waals surface area contributed by atoms with Crippen molar-refractivity contribution in [2.45, 2.75) is 6.42 Å². The number of hydrogen-bond acceptors (Lipinski definition) is 7. The van der Waals surface area contributed by atoms with Gasteiger partial charge in [0.1, 0.15) is 11.5 Å². The highest BCUT2D eigenvalue weighted by Crippen LogP contribution is 2.26. The van der Waals surface area contributed by atoms with E-state index in [-0.39, 0.29) is 11.4 Å². The van der Waals surface area contributed by atoms with E-state index < -0.39 is 17.8 Å². The van der Waals surface area contributed by atoms with Gasteiger partial charge in [0.2, 0.25) is 0 Å². The van der Waals surface area contributed by atoms with Gasteiger partial charge in [-0.25, -0.2) is 14.0 Å².